The van der Waals surface area contributed by atoms with E-state index in [2.05, 4.69) is 10.1 Å². The van der Waals surface area contributed by atoms with Crippen molar-refractivity contribution in [2.24, 2.45) is 0 Å². The van der Waals surface area contributed by atoms with Gasteiger partial charge in [0.1, 0.15) is 5.82 Å². The molecule has 1 amide bonds. The quantitative estimate of drug-likeness (QED) is 0.410. The summed E-state index contributed by atoms with van der Waals surface area (Å²) in [6.45, 7) is 1.39. The Hall–Kier alpha value is -2.94. The number of fused-ring (bicyclic) bond motifs is 1. The first-order valence-electron chi connectivity index (χ1n) is 6.94. The smallest absolute Gasteiger partial charge is 0.274 e. The molecule has 9 heteroatoms. The third kappa shape index (κ3) is 2.69. The predicted molar refractivity (Wildman–Crippen MR) is 90.7 cm³/mol. The van der Waals surface area contributed by atoms with E-state index in [-0.39, 0.29) is 17.4 Å². The molecule has 0 saturated carbocycles. The minimum atomic E-state index is -0.515. The molecule has 0 spiro atoms. The number of hydrogen-bond donors (Lipinski definition) is 0. The summed E-state index contributed by atoms with van der Waals surface area (Å²) in [5, 5.41) is 15.2. The molecule has 122 valence electrons. The van der Waals surface area contributed by atoms with Crippen molar-refractivity contribution in [3.05, 3.63) is 53.0 Å². The molecule has 8 nitrogen and oxygen atoms in total. The maximum atomic E-state index is 12.3. The van der Waals surface area contributed by atoms with Crippen molar-refractivity contribution >= 4 is 40.4 Å². The summed E-state index contributed by atoms with van der Waals surface area (Å²) in [5.41, 5.74) is 1.33. The molecule has 0 unspecified atom stereocenters. The third-order valence-corrected chi connectivity index (χ3v) is 4.26. The molecule has 0 N–H and O–H groups in total. The van der Waals surface area contributed by atoms with Crippen LogP contribution < -0.4 is 4.90 Å². The number of hydrogen-bond acceptors (Lipinski definition) is 6. The Morgan fingerprint density at radius 1 is 1.33 bits per heavy atom. The summed E-state index contributed by atoms with van der Waals surface area (Å²) in [4.78, 5) is 29.1. The van der Waals surface area contributed by atoms with Gasteiger partial charge in [-0.15, -0.1) is 11.8 Å². The third-order valence-electron chi connectivity index (χ3n) is 3.44. The van der Waals surface area contributed by atoms with Gasteiger partial charge in [-0.3, -0.25) is 19.8 Å². The number of thioether (sulfide) groups is 1. The Balaban J connectivity index is 2.21. The molecule has 0 bridgehead atoms. The molecular formula is C15H13N5O3S. The number of pyridine rings is 2. The number of nitro groups is 1. The van der Waals surface area contributed by atoms with E-state index in [1.165, 1.54) is 41.9 Å². The SMILES string of the molecule is CSc1c(N(C(C)=O)c2cc([N+](=O)[O-])ccn2)ccn2nccc12. The lowest BCUT2D eigenvalue weighted by atomic mass is 10.3. The number of anilines is 2. The highest BCUT2D eigenvalue weighted by Crippen LogP contribution is 2.36. The highest BCUT2D eigenvalue weighted by atomic mass is 32.2. The molecule has 0 fully saturated rings. The molecule has 3 aromatic heterocycles. The molecule has 3 rings (SSSR count). The van der Waals surface area contributed by atoms with Crippen LogP contribution in [-0.4, -0.2) is 31.7 Å². The van der Waals surface area contributed by atoms with Crippen molar-refractivity contribution in [1.29, 1.82) is 0 Å². The number of amides is 1. The maximum Gasteiger partial charge on any atom is 0.274 e. The second-order valence-electron chi connectivity index (χ2n) is 4.88. The van der Waals surface area contributed by atoms with Crippen LogP contribution in [0, 0.1) is 10.1 Å². The Labute approximate surface area is 141 Å². The normalized spacial score (nSPS) is 10.8. The van der Waals surface area contributed by atoms with Gasteiger partial charge in [0.2, 0.25) is 5.91 Å². The van der Waals surface area contributed by atoms with Crippen molar-refractivity contribution < 1.29 is 9.72 Å². The Morgan fingerprint density at radius 3 is 2.79 bits per heavy atom. The molecule has 24 heavy (non-hydrogen) atoms. The topological polar surface area (TPSA) is 93.6 Å². The second kappa shape index (κ2) is 6.28. The lowest BCUT2D eigenvalue weighted by Crippen LogP contribution is -2.24. The van der Waals surface area contributed by atoms with Gasteiger partial charge >= 0.3 is 0 Å². The van der Waals surface area contributed by atoms with Crippen LogP contribution in [0.1, 0.15) is 6.92 Å². The van der Waals surface area contributed by atoms with Gasteiger partial charge in [0, 0.05) is 25.4 Å². The van der Waals surface area contributed by atoms with Crippen LogP contribution in [0.15, 0.2) is 47.8 Å². The van der Waals surface area contributed by atoms with Gasteiger partial charge in [-0.2, -0.15) is 5.10 Å². The molecule has 3 aromatic rings. The highest BCUT2D eigenvalue weighted by Gasteiger charge is 2.22. The molecule has 0 aromatic carbocycles. The van der Waals surface area contributed by atoms with Gasteiger partial charge in [0.05, 0.1) is 33.3 Å². The number of carbonyl (C=O) groups excluding carboxylic acids is 1. The van der Waals surface area contributed by atoms with E-state index in [0.717, 1.165) is 10.4 Å². The number of nitrogens with zero attached hydrogens (tertiary/aromatic N) is 5. The molecule has 0 aliphatic heterocycles. The zero-order valence-electron chi connectivity index (χ0n) is 12.9. The standard InChI is InChI=1S/C15H13N5O3S/c1-10(21)19(14-9-11(20(22)23)3-6-16-14)13-5-8-18-12(4-7-17-18)15(13)24-2/h3-9H,1-2H3. The Morgan fingerprint density at radius 2 is 2.12 bits per heavy atom. The van der Waals surface area contributed by atoms with Crippen LogP contribution in [0.5, 0.6) is 0 Å². The number of carbonyl (C=O) groups is 1. The minimum absolute atomic E-state index is 0.123. The lowest BCUT2D eigenvalue weighted by Gasteiger charge is -2.22. The van der Waals surface area contributed by atoms with Crippen LogP contribution in [0.2, 0.25) is 0 Å². The average Bonchev–Trinajstić information content (AvgIpc) is 3.03. The summed E-state index contributed by atoms with van der Waals surface area (Å²) in [6, 6.07) is 6.16. The fourth-order valence-corrected chi connectivity index (χ4v) is 3.18. The van der Waals surface area contributed by atoms with Gasteiger partial charge in [-0.1, -0.05) is 0 Å². The zero-order valence-corrected chi connectivity index (χ0v) is 13.7. The first kappa shape index (κ1) is 15.9. The van der Waals surface area contributed by atoms with Gasteiger partial charge in [-0.25, -0.2) is 9.50 Å². The molecule has 3 heterocycles. The van der Waals surface area contributed by atoms with Crippen LogP contribution in [-0.2, 0) is 4.79 Å². The van der Waals surface area contributed by atoms with Crippen molar-refractivity contribution in [1.82, 2.24) is 14.6 Å². The molecule has 0 radical (unpaired) electrons. The lowest BCUT2D eigenvalue weighted by molar-refractivity contribution is -0.384. The van der Waals surface area contributed by atoms with E-state index in [1.54, 1.807) is 23.0 Å². The molecule has 0 atom stereocenters. The van der Waals surface area contributed by atoms with Crippen LogP contribution in [0.4, 0.5) is 17.2 Å². The van der Waals surface area contributed by atoms with E-state index >= 15 is 0 Å². The average molecular weight is 343 g/mol. The van der Waals surface area contributed by atoms with Crippen molar-refractivity contribution in [2.75, 3.05) is 11.2 Å². The monoisotopic (exact) mass is 343 g/mol. The first-order valence-corrected chi connectivity index (χ1v) is 8.17. The van der Waals surface area contributed by atoms with E-state index in [0.29, 0.717) is 5.69 Å². The summed E-state index contributed by atoms with van der Waals surface area (Å²) in [6.07, 6.45) is 6.62. The van der Waals surface area contributed by atoms with Gasteiger partial charge in [0.25, 0.3) is 5.69 Å². The zero-order chi connectivity index (χ0) is 17.3. The van der Waals surface area contributed by atoms with E-state index in [4.69, 9.17) is 0 Å². The Kier molecular flexibility index (Phi) is 4.17. The van der Waals surface area contributed by atoms with Crippen molar-refractivity contribution in [3.8, 4) is 0 Å². The second-order valence-corrected chi connectivity index (χ2v) is 5.70. The number of rotatable bonds is 4. The highest BCUT2D eigenvalue weighted by molar-refractivity contribution is 7.99. The summed E-state index contributed by atoms with van der Waals surface area (Å²) in [5.74, 6) is -0.0852. The van der Waals surface area contributed by atoms with Gasteiger partial charge in [0.15, 0.2) is 0 Å². The fraction of sp³-hybridized carbons (Fsp3) is 0.133. The maximum absolute atomic E-state index is 12.3. The van der Waals surface area contributed by atoms with Crippen molar-refractivity contribution in [2.45, 2.75) is 11.8 Å². The summed E-state index contributed by atoms with van der Waals surface area (Å²) < 4.78 is 1.70. The van der Waals surface area contributed by atoms with E-state index in [9.17, 15) is 14.9 Å². The first-order chi connectivity index (χ1) is 11.5. The van der Waals surface area contributed by atoms with Gasteiger partial charge < -0.3 is 0 Å². The van der Waals surface area contributed by atoms with Crippen LogP contribution in [0.3, 0.4) is 0 Å². The van der Waals surface area contributed by atoms with Gasteiger partial charge in [-0.05, 0) is 18.4 Å². The number of aromatic nitrogens is 3. The van der Waals surface area contributed by atoms with Crippen LogP contribution in [0.25, 0.3) is 5.52 Å². The fourth-order valence-electron chi connectivity index (χ4n) is 2.44. The predicted octanol–water partition coefficient (Wildman–Crippen LogP) is 3.04. The molecule has 0 aliphatic rings. The molecular weight excluding hydrogens is 330 g/mol. The largest absolute Gasteiger partial charge is 0.274 e. The van der Waals surface area contributed by atoms with Crippen LogP contribution >= 0.6 is 11.8 Å². The molecule has 0 aliphatic carbocycles. The summed E-state index contributed by atoms with van der Waals surface area (Å²) in [7, 11) is 0. The van der Waals surface area contributed by atoms with E-state index in [1.807, 2.05) is 12.3 Å². The minimum Gasteiger partial charge on any atom is -0.274 e. The summed E-state index contributed by atoms with van der Waals surface area (Å²) >= 11 is 1.46. The molecule has 0 saturated heterocycles. The Bertz CT molecular complexity index is 940. The van der Waals surface area contributed by atoms with Crippen molar-refractivity contribution in [3.63, 3.8) is 0 Å². The van der Waals surface area contributed by atoms with E-state index < -0.39 is 4.92 Å².